The highest BCUT2D eigenvalue weighted by molar-refractivity contribution is 5.71. The fraction of sp³-hybridized carbons (Fsp3) is 0.625. The Morgan fingerprint density at radius 2 is 0.526 bits per heavy atom. The minimum Gasteiger partial charge on any atom is -0.462 e. The number of ether oxygens (including phenoxy) is 3. The second-order valence-corrected chi connectivity index (χ2v) is 20.5. The lowest BCUT2D eigenvalue weighted by Gasteiger charge is -2.18. The standard InChI is InChI=1S/C72H116O6/c1-4-7-10-13-16-19-22-25-28-31-34-35-36-37-39-41-44-47-50-53-56-59-62-65-71(74)77-68-69(67-76-70(73)64-61-58-55-52-49-46-43-40-33-30-27-24-21-18-15-12-9-6-3)78-72(75)66-63-60-57-54-51-48-45-42-38-32-29-26-23-20-17-14-11-8-5-2/h7-8,10-11,16-17,19-20,25-26,28-30,33-35,37-39,42,48,51,57,60,69H,4-6,9,12-15,18,21-24,27,31-32,36,40-41,43-47,49-50,52-56,58-59,61-68H2,1-3H3/b10-7-,11-8-,19-16-,20-17-,28-25-,29-26-,33-30-,35-34-,39-37-,42-38-,51-48-,60-57-. The average molecular weight is 1080 g/mol. The minimum atomic E-state index is -0.833. The van der Waals surface area contributed by atoms with Crippen molar-refractivity contribution in [1.82, 2.24) is 0 Å². The molecular formula is C72H116O6. The first kappa shape index (κ1) is 73.3. The van der Waals surface area contributed by atoms with Gasteiger partial charge in [0, 0.05) is 19.3 Å². The van der Waals surface area contributed by atoms with Gasteiger partial charge >= 0.3 is 17.9 Å². The molecule has 0 aliphatic heterocycles. The molecule has 440 valence electrons. The molecule has 0 aliphatic rings. The molecular weight excluding hydrogens is 961 g/mol. The van der Waals surface area contributed by atoms with E-state index < -0.39 is 12.1 Å². The smallest absolute Gasteiger partial charge is 0.306 e. The summed E-state index contributed by atoms with van der Waals surface area (Å²) in [5.41, 5.74) is 0. The predicted octanol–water partition coefficient (Wildman–Crippen LogP) is 21.9. The molecule has 0 amide bonds. The summed E-state index contributed by atoms with van der Waals surface area (Å²) in [5.74, 6) is -1.02. The minimum absolute atomic E-state index is 0.119. The van der Waals surface area contributed by atoms with Crippen molar-refractivity contribution < 1.29 is 28.6 Å². The van der Waals surface area contributed by atoms with Crippen molar-refractivity contribution in [3.63, 3.8) is 0 Å². The summed E-state index contributed by atoms with van der Waals surface area (Å²) >= 11 is 0. The molecule has 0 spiro atoms. The van der Waals surface area contributed by atoms with Gasteiger partial charge in [-0.15, -0.1) is 0 Å². The lowest BCUT2D eigenvalue weighted by Crippen LogP contribution is -2.30. The molecule has 0 heterocycles. The monoisotopic (exact) mass is 1080 g/mol. The van der Waals surface area contributed by atoms with Crippen LogP contribution in [0, 0.1) is 0 Å². The van der Waals surface area contributed by atoms with Crippen molar-refractivity contribution in [2.24, 2.45) is 0 Å². The largest absolute Gasteiger partial charge is 0.462 e. The summed E-state index contributed by atoms with van der Waals surface area (Å²) < 4.78 is 16.8. The summed E-state index contributed by atoms with van der Waals surface area (Å²) in [6, 6.07) is 0. The van der Waals surface area contributed by atoms with E-state index in [1.165, 1.54) is 109 Å². The van der Waals surface area contributed by atoms with Gasteiger partial charge in [-0.2, -0.15) is 0 Å². The molecule has 0 aliphatic carbocycles. The Hall–Kier alpha value is -4.71. The Labute approximate surface area is 480 Å². The first-order valence-electron chi connectivity index (χ1n) is 31.8. The molecule has 0 aromatic carbocycles. The fourth-order valence-corrected chi connectivity index (χ4v) is 8.37. The van der Waals surface area contributed by atoms with E-state index in [2.05, 4.69) is 161 Å². The Kier molecular flexibility index (Phi) is 60.9. The van der Waals surface area contributed by atoms with E-state index in [0.717, 1.165) is 116 Å². The van der Waals surface area contributed by atoms with Gasteiger partial charge in [0.05, 0.1) is 0 Å². The number of allylic oxidation sites excluding steroid dienone is 24. The molecule has 6 heteroatoms. The summed E-state index contributed by atoms with van der Waals surface area (Å²) in [6.07, 6.45) is 92.8. The van der Waals surface area contributed by atoms with Gasteiger partial charge in [0.1, 0.15) is 13.2 Å². The number of rotatable bonds is 56. The van der Waals surface area contributed by atoms with Crippen LogP contribution >= 0.6 is 0 Å². The molecule has 6 nitrogen and oxygen atoms in total. The molecule has 78 heavy (non-hydrogen) atoms. The highest BCUT2D eigenvalue weighted by atomic mass is 16.6. The van der Waals surface area contributed by atoms with Gasteiger partial charge in [-0.3, -0.25) is 14.4 Å². The van der Waals surface area contributed by atoms with E-state index >= 15 is 0 Å². The second-order valence-electron chi connectivity index (χ2n) is 20.5. The topological polar surface area (TPSA) is 78.9 Å². The number of hydrogen-bond acceptors (Lipinski definition) is 6. The third-order valence-corrected chi connectivity index (χ3v) is 13.1. The van der Waals surface area contributed by atoms with Crippen LogP contribution in [-0.4, -0.2) is 37.2 Å². The SMILES string of the molecule is CC/C=C\C/C=C\C/C=C\C/C=C\C/C=C\C/C=C\CCC(=O)OC(COC(=O)CCCCCCCCC/C=C\C/C=C\C/C=C\C/C=C\C/C=C\CC)COC(=O)CCCCCCCCC/C=C\CCCCCCCCC. The van der Waals surface area contributed by atoms with E-state index in [9.17, 15) is 14.4 Å². The number of carbonyl (C=O) groups is 3. The maximum atomic E-state index is 12.9. The average Bonchev–Trinajstić information content (AvgIpc) is 3.44. The van der Waals surface area contributed by atoms with Gasteiger partial charge < -0.3 is 14.2 Å². The van der Waals surface area contributed by atoms with Crippen LogP contribution in [0.5, 0.6) is 0 Å². The van der Waals surface area contributed by atoms with Crippen LogP contribution in [0.2, 0.25) is 0 Å². The summed E-state index contributed by atoms with van der Waals surface area (Å²) in [7, 11) is 0. The van der Waals surface area contributed by atoms with Gasteiger partial charge in [-0.25, -0.2) is 0 Å². The van der Waals surface area contributed by atoms with Crippen molar-refractivity contribution in [2.45, 2.75) is 277 Å². The van der Waals surface area contributed by atoms with Crippen molar-refractivity contribution in [3.8, 4) is 0 Å². The van der Waals surface area contributed by atoms with E-state index in [0.29, 0.717) is 19.3 Å². The maximum Gasteiger partial charge on any atom is 0.306 e. The summed E-state index contributed by atoms with van der Waals surface area (Å²) in [5, 5.41) is 0. The van der Waals surface area contributed by atoms with Gasteiger partial charge in [0.15, 0.2) is 6.10 Å². The van der Waals surface area contributed by atoms with E-state index in [4.69, 9.17) is 14.2 Å². The van der Waals surface area contributed by atoms with Crippen molar-refractivity contribution in [2.75, 3.05) is 13.2 Å². The molecule has 0 aromatic rings. The molecule has 0 saturated heterocycles. The highest BCUT2D eigenvalue weighted by Crippen LogP contribution is 2.14. The third kappa shape index (κ3) is 62.1. The first-order chi connectivity index (χ1) is 38.5. The molecule has 1 unspecified atom stereocenters. The Bertz CT molecular complexity index is 1710. The zero-order chi connectivity index (χ0) is 56.4. The predicted molar refractivity (Wildman–Crippen MR) is 339 cm³/mol. The molecule has 0 fully saturated rings. The third-order valence-electron chi connectivity index (χ3n) is 13.1. The van der Waals surface area contributed by atoms with Crippen LogP contribution < -0.4 is 0 Å². The lowest BCUT2D eigenvalue weighted by molar-refractivity contribution is -0.166. The van der Waals surface area contributed by atoms with Gasteiger partial charge in [0.25, 0.3) is 0 Å². The maximum absolute atomic E-state index is 12.9. The quantitative estimate of drug-likeness (QED) is 0.0261. The van der Waals surface area contributed by atoms with Crippen LogP contribution in [0.1, 0.15) is 271 Å². The van der Waals surface area contributed by atoms with Gasteiger partial charge in [-0.1, -0.05) is 269 Å². The van der Waals surface area contributed by atoms with Crippen LogP contribution in [0.15, 0.2) is 146 Å². The van der Waals surface area contributed by atoms with Gasteiger partial charge in [0.2, 0.25) is 0 Å². The van der Waals surface area contributed by atoms with E-state index in [1.807, 2.05) is 6.08 Å². The summed E-state index contributed by atoms with van der Waals surface area (Å²) in [6.45, 7) is 6.34. The molecule has 0 bridgehead atoms. The molecule has 0 rings (SSSR count). The van der Waals surface area contributed by atoms with Crippen LogP contribution in [0.4, 0.5) is 0 Å². The molecule has 0 N–H and O–H groups in total. The Morgan fingerprint density at radius 3 is 0.846 bits per heavy atom. The number of hydrogen-bond donors (Lipinski definition) is 0. The fourth-order valence-electron chi connectivity index (χ4n) is 8.37. The molecule has 0 aromatic heterocycles. The Balaban J connectivity index is 4.53. The van der Waals surface area contributed by atoms with Gasteiger partial charge in [-0.05, 0) is 128 Å². The normalized spacial score (nSPS) is 13.1. The number of esters is 3. The molecule has 1 atom stereocenters. The van der Waals surface area contributed by atoms with Crippen molar-refractivity contribution >= 4 is 17.9 Å². The second kappa shape index (κ2) is 64.8. The van der Waals surface area contributed by atoms with Crippen LogP contribution in [0.25, 0.3) is 0 Å². The van der Waals surface area contributed by atoms with Crippen molar-refractivity contribution in [3.05, 3.63) is 146 Å². The lowest BCUT2D eigenvalue weighted by atomic mass is 10.1. The van der Waals surface area contributed by atoms with Crippen molar-refractivity contribution in [1.29, 1.82) is 0 Å². The summed E-state index contributed by atoms with van der Waals surface area (Å²) in [4.78, 5) is 38.3. The van der Waals surface area contributed by atoms with E-state index in [-0.39, 0.29) is 31.6 Å². The van der Waals surface area contributed by atoms with Crippen LogP contribution in [0.3, 0.4) is 0 Å². The highest BCUT2D eigenvalue weighted by Gasteiger charge is 2.19. The number of carbonyl (C=O) groups excluding carboxylic acids is 3. The Morgan fingerprint density at radius 1 is 0.269 bits per heavy atom. The molecule has 0 saturated carbocycles. The van der Waals surface area contributed by atoms with Crippen LogP contribution in [-0.2, 0) is 28.6 Å². The number of unbranched alkanes of at least 4 members (excludes halogenated alkanes) is 21. The zero-order valence-electron chi connectivity index (χ0n) is 50.4. The first-order valence-corrected chi connectivity index (χ1v) is 31.8. The zero-order valence-corrected chi connectivity index (χ0v) is 50.4. The molecule has 0 radical (unpaired) electrons. The van der Waals surface area contributed by atoms with E-state index in [1.54, 1.807) is 0 Å².